The number of hydrogen-bond acceptors (Lipinski definition) is 4. The van der Waals surface area contributed by atoms with Gasteiger partial charge in [-0.25, -0.2) is 0 Å². The van der Waals surface area contributed by atoms with E-state index < -0.39 is 0 Å². The van der Waals surface area contributed by atoms with Crippen molar-refractivity contribution in [1.29, 1.82) is 0 Å². The zero-order valence-corrected chi connectivity index (χ0v) is 18.7. The Kier molecular flexibility index (Phi) is 10.7. The van der Waals surface area contributed by atoms with E-state index in [-0.39, 0.29) is 0 Å². The van der Waals surface area contributed by atoms with E-state index in [1.807, 2.05) is 24.3 Å². The van der Waals surface area contributed by atoms with Gasteiger partial charge in [-0.15, -0.1) is 0 Å². The van der Waals surface area contributed by atoms with Gasteiger partial charge in [0.05, 0.1) is 35.7 Å². The van der Waals surface area contributed by atoms with E-state index in [0.29, 0.717) is 22.4 Å². The van der Waals surface area contributed by atoms with Crippen molar-refractivity contribution in [2.24, 2.45) is 5.10 Å². The number of nitrogens with zero attached hydrogens (tertiary/aromatic N) is 1. The lowest BCUT2D eigenvalue weighted by atomic mass is 10.1. The molecule has 0 unspecified atom stereocenters. The van der Waals surface area contributed by atoms with Gasteiger partial charge in [0.25, 0.3) is 0 Å². The standard InChI is InChI=1S/C23H30Cl2N2O2/c1-3-4-5-6-7-8-9-14-29-22-13-10-18(15-23(22)28-2)17-26-27-19-11-12-20(24)21(25)16-19/h10-13,15-17,27H,3-9,14H2,1-2H3. The van der Waals surface area contributed by atoms with Crippen LogP contribution in [0, 0.1) is 0 Å². The molecule has 4 nitrogen and oxygen atoms in total. The number of anilines is 1. The average Bonchev–Trinajstić information content (AvgIpc) is 2.73. The minimum atomic E-state index is 0.482. The molecule has 0 aliphatic heterocycles. The normalized spacial score (nSPS) is 11.0. The summed E-state index contributed by atoms with van der Waals surface area (Å²) >= 11 is 11.9. The second kappa shape index (κ2) is 13.3. The van der Waals surface area contributed by atoms with Crippen LogP contribution in [-0.4, -0.2) is 19.9 Å². The molecule has 2 rings (SSSR count). The summed E-state index contributed by atoms with van der Waals surface area (Å²) < 4.78 is 11.4. The lowest BCUT2D eigenvalue weighted by molar-refractivity contribution is 0.284. The van der Waals surface area contributed by atoms with E-state index in [9.17, 15) is 0 Å². The minimum Gasteiger partial charge on any atom is -0.493 e. The average molecular weight is 437 g/mol. The molecular weight excluding hydrogens is 407 g/mol. The first-order valence-corrected chi connectivity index (χ1v) is 10.9. The number of halogens is 2. The first kappa shape index (κ1) is 23.4. The summed E-state index contributed by atoms with van der Waals surface area (Å²) in [5.74, 6) is 1.46. The molecule has 0 atom stereocenters. The van der Waals surface area contributed by atoms with Crippen LogP contribution in [0.2, 0.25) is 10.0 Å². The van der Waals surface area contributed by atoms with Crippen molar-refractivity contribution in [1.82, 2.24) is 0 Å². The van der Waals surface area contributed by atoms with Crippen molar-refractivity contribution in [3.05, 3.63) is 52.0 Å². The molecule has 6 heteroatoms. The number of nitrogens with one attached hydrogen (secondary N) is 1. The number of hydrogen-bond donors (Lipinski definition) is 1. The van der Waals surface area contributed by atoms with Crippen molar-refractivity contribution in [2.75, 3.05) is 19.1 Å². The smallest absolute Gasteiger partial charge is 0.161 e. The fraction of sp³-hybridized carbons (Fsp3) is 0.435. The van der Waals surface area contributed by atoms with Crippen molar-refractivity contribution < 1.29 is 9.47 Å². The highest BCUT2D eigenvalue weighted by molar-refractivity contribution is 6.42. The predicted octanol–water partition coefficient (Wildman–Crippen LogP) is 7.58. The molecule has 2 aromatic rings. The van der Waals surface area contributed by atoms with Crippen molar-refractivity contribution in [2.45, 2.75) is 51.9 Å². The molecular formula is C23H30Cl2N2O2. The molecule has 0 heterocycles. The van der Waals surface area contributed by atoms with E-state index in [1.54, 1.807) is 25.5 Å². The van der Waals surface area contributed by atoms with Crippen LogP contribution < -0.4 is 14.9 Å². The van der Waals surface area contributed by atoms with Crippen molar-refractivity contribution in [3.63, 3.8) is 0 Å². The van der Waals surface area contributed by atoms with Gasteiger partial charge < -0.3 is 9.47 Å². The molecule has 0 aromatic heterocycles. The highest BCUT2D eigenvalue weighted by Crippen LogP contribution is 2.28. The van der Waals surface area contributed by atoms with Gasteiger partial charge in [0.2, 0.25) is 0 Å². The molecule has 0 saturated heterocycles. The Morgan fingerprint density at radius 3 is 2.38 bits per heavy atom. The van der Waals surface area contributed by atoms with Crippen molar-refractivity contribution in [3.8, 4) is 11.5 Å². The Morgan fingerprint density at radius 1 is 0.897 bits per heavy atom. The molecule has 0 saturated carbocycles. The monoisotopic (exact) mass is 436 g/mol. The van der Waals surface area contributed by atoms with Crippen LogP contribution in [-0.2, 0) is 0 Å². The summed E-state index contributed by atoms with van der Waals surface area (Å²) in [6.07, 6.45) is 10.5. The Hall–Kier alpha value is -1.91. The lowest BCUT2D eigenvalue weighted by Crippen LogP contribution is -2.00. The van der Waals surface area contributed by atoms with Crippen LogP contribution >= 0.6 is 23.2 Å². The zero-order valence-electron chi connectivity index (χ0n) is 17.2. The van der Waals surface area contributed by atoms with E-state index in [1.165, 1.54) is 38.5 Å². The maximum absolute atomic E-state index is 6.00. The van der Waals surface area contributed by atoms with Crippen LogP contribution in [0.1, 0.15) is 57.4 Å². The molecule has 29 heavy (non-hydrogen) atoms. The molecule has 0 bridgehead atoms. The predicted molar refractivity (Wildman–Crippen MR) is 124 cm³/mol. The molecule has 2 aromatic carbocycles. The highest BCUT2D eigenvalue weighted by Gasteiger charge is 2.05. The Morgan fingerprint density at radius 2 is 1.66 bits per heavy atom. The van der Waals surface area contributed by atoms with E-state index in [2.05, 4.69) is 17.5 Å². The first-order chi connectivity index (χ1) is 14.1. The maximum Gasteiger partial charge on any atom is 0.161 e. The summed E-state index contributed by atoms with van der Waals surface area (Å²) in [6, 6.07) is 11.0. The molecule has 0 aliphatic rings. The third-order valence-electron chi connectivity index (χ3n) is 4.52. The molecule has 0 aliphatic carbocycles. The van der Waals surface area contributed by atoms with E-state index in [4.69, 9.17) is 32.7 Å². The number of methoxy groups -OCH3 is 1. The third-order valence-corrected chi connectivity index (χ3v) is 5.26. The minimum absolute atomic E-state index is 0.482. The number of unbranched alkanes of at least 4 members (excludes halogenated alkanes) is 6. The summed E-state index contributed by atoms with van der Waals surface area (Å²) in [5, 5.41) is 5.23. The second-order valence-electron chi connectivity index (χ2n) is 6.88. The number of hydrazone groups is 1. The van der Waals surface area contributed by atoms with Gasteiger partial charge in [-0.2, -0.15) is 5.10 Å². The van der Waals surface area contributed by atoms with Crippen LogP contribution in [0.4, 0.5) is 5.69 Å². The molecule has 158 valence electrons. The fourth-order valence-corrected chi connectivity index (χ4v) is 3.17. The number of benzene rings is 2. The van der Waals surface area contributed by atoms with Crippen LogP contribution in [0.3, 0.4) is 0 Å². The van der Waals surface area contributed by atoms with Crippen LogP contribution in [0.15, 0.2) is 41.5 Å². The number of rotatable bonds is 13. The summed E-state index contributed by atoms with van der Waals surface area (Å²) in [7, 11) is 1.64. The molecule has 0 radical (unpaired) electrons. The van der Waals surface area contributed by atoms with Gasteiger partial charge in [0.1, 0.15) is 0 Å². The SMILES string of the molecule is CCCCCCCCCOc1ccc(C=NNc2ccc(Cl)c(Cl)c2)cc1OC. The van der Waals surface area contributed by atoms with Gasteiger partial charge in [-0.3, -0.25) is 5.43 Å². The number of ether oxygens (including phenoxy) is 2. The van der Waals surface area contributed by atoms with Gasteiger partial charge in [0.15, 0.2) is 11.5 Å². The molecule has 0 fully saturated rings. The Labute approximate surface area is 184 Å². The van der Waals surface area contributed by atoms with Crippen LogP contribution in [0.5, 0.6) is 11.5 Å². The van der Waals surface area contributed by atoms with E-state index in [0.717, 1.165) is 23.4 Å². The largest absolute Gasteiger partial charge is 0.493 e. The second-order valence-corrected chi connectivity index (χ2v) is 7.69. The van der Waals surface area contributed by atoms with Gasteiger partial charge >= 0.3 is 0 Å². The van der Waals surface area contributed by atoms with Gasteiger partial charge in [-0.1, -0.05) is 68.7 Å². The fourth-order valence-electron chi connectivity index (χ4n) is 2.87. The molecule has 1 N–H and O–H groups in total. The quantitative estimate of drug-likeness (QED) is 0.200. The zero-order chi connectivity index (χ0) is 20.9. The Bertz CT molecular complexity index is 781. The lowest BCUT2D eigenvalue weighted by Gasteiger charge is -2.11. The summed E-state index contributed by atoms with van der Waals surface area (Å²) in [4.78, 5) is 0. The molecule has 0 amide bonds. The van der Waals surface area contributed by atoms with Gasteiger partial charge in [0, 0.05) is 0 Å². The third kappa shape index (κ3) is 8.55. The maximum atomic E-state index is 6.00. The highest BCUT2D eigenvalue weighted by atomic mass is 35.5. The Balaban J connectivity index is 1.80. The first-order valence-electron chi connectivity index (χ1n) is 10.2. The summed E-state index contributed by atoms with van der Waals surface area (Å²) in [6.45, 7) is 2.95. The van der Waals surface area contributed by atoms with Gasteiger partial charge in [-0.05, 0) is 48.4 Å². The molecule has 0 spiro atoms. The topological polar surface area (TPSA) is 42.8 Å². The van der Waals surface area contributed by atoms with Crippen LogP contribution in [0.25, 0.3) is 0 Å². The summed E-state index contributed by atoms with van der Waals surface area (Å²) in [5.41, 5.74) is 4.60. The van der Waals surface area contributed by atoms with E-state index >= 15 is 0 Å². The van der Waals surface area contributed by atoms with Crippen molar-refractivity contribution >= 4 is 35.1 Å².